The van der Waals surface area contributed by atoms with Crippen molar-refractivity contribution in [2.75, 3.05) is 0 Å². The van der Waals surface area contributed by atoms with Gasteiger partial charge in [0.25, 0.3) is 0 Å². The van der Waals surface area contributed by atoms with Crippen molar-refractivity contribution in [1.82, 2.24) is 0 Å². The van der Waals surface area contributed by atoms with Crippen molar-refractivity contribution in [1.29, 1.82) is 0 Å². The molecule has 0 saturated carbocycles. The van der Waals surface area contributed by atoms with E-state index < -0.39 is 23.1 Å². The van der Waals surface area contributed by atoms with Gasteiger partial charge in [0.2, 0.25) is 11.6 Å². The van der Waals surface area contributed by atoms with E-state index in [1.54, 1.807) is 0 Å². The van der Waals surface area contributed by atoms with Crippen LogP contribution in [0.3, 0.4) is 0 Å². The van der Waals surface area contributed by atoms with Crippen LogP contribution < -0.4 is 0 Å². The Hall–Kier alpha value is 0.0564. The van der Waals surface area contributed by atoms with Crippen molar-refractivity contribution in [2.24, 2.45) is 0 Å². The quantitative estimate of drug-likeness (QED) is 0.393. The molecule has 11 heavy (non-hydrogen) atoms. The molecule has 0 atom stereocenters. The van der Waals surface area contributed by atoms with E-state index in [4.69, 9.17) is 10.2 Å². The van der Waals surface area contributed by atoms with Gasteiger partial charge in [-0.15, -0.1) is 0 Å². The van der Waals surface area contributed by atoms with Gasteiger partial charge in [0.15, 0.2) is 11.5 Å². The number of ketones is 2. The summed E-state index contributed by atoms with van der Waals surface area (Å²) in [7, 11) is 0. The summed E-state index contributed by atoms with van der Waals surface area (Å²) in [5, 5.41) is 17.2. The monoisotopic (exact) mass is 179 g/mol. The molecule has 0 heterocycles. The van der Waals surface area contributed by atoms with E-state index in [0.29, 0.717) is 12.2 Å². The Morgan fingerprint density at radius 3 is 1.45 bits per heavy atom. The Bertz CT molecular complexity index is 236. The second kappa shape index (κ2) is 4.17. The van der Waals surface area contributed by atoms with E-state index in [9.17, 15) is 9.59 Å². The van der Waals surface area contributed by atoms with Crippen molar-refractivity contribution in [3.8, 4) is 0 Å². The largest absolute Gasteiger partial charge is 0.504 e. The van der Waals surface area contributed by atoms with Gasteiger partial charge in [0, 0.05) is 63.5 Å². The molecule has 1 aliphatic carbocycles. The fraction of sp³-hybridized carbons (Fsp3) is 0. The van der Waals surface area contributed by atoms with Gasteiger partial charge in [-0.1, -0.05) is 0 Å². The van der Waals surface area contributed by atoms with Crippen LogP contribution in [-0.2, 0) is 9.59 Å². The SMILES string of the molecule is O=C1C=C(O)C(=O)C=C1O.[K]. The molecule has 1 rings (SSSR count). The molecule has 0 amide bonds. The molecule has 4 nitrogen and oxygen atoms in total. The third-order valence-corrected chi connectivity index (χ3v) is 1.04. The van der Waals surface area contributed by atoms with E-state index in [1.165, 1.54) is 0 Å². The van der Waals surface area contributed by atoms with Gasteiger partial charge in [-0.05, 0) is 0 Å². The number of aliphatic hydroxyl groups is 2. The maximum atomic E-state index is 10.4. The molecule has 1 aliphatic rings. The van der Waals surface area contributed by atoms with Gasteiger partial charge in [-0.3, -0.25) is 9.59 Å². The van der Waals surface area contributed by atoms with Gasteiger partial charge in [-0.2, -0.15) is 0 Å². The maximum absolute atomic E-state index is 10.4. The summed E-state index contributed by atoms with van der Waals surface area (Å²) in [4.78, 5) is 20.9. The smallest absolute Gasteiger partial charge is 0.224 e. The van der Waals surface area contributed by atoms with Crippen molar-refractivity contribution in [3.05, 3.63) is 23.7 Å². The summed E-state index contributed by atoms with van der Waals surface area (Å²) in [5.74, 6) is -2.78. The first-order valence-electron chi connectivity index (χ1n) is 2.51. The third-order valence-electron chi connectivity index (χ3n) is 1.04. The predicted octanol–water partition coefficient (Wildman–Crippen LogP) is -0.359. The molecule has 0 bridgehead atoms. The van der Waals surface area contributed by atoms with E-state index in [1.807, 2.05) is 0 Å². The molecule has 0 aromatic heterocycles. The molecule has 1 radical (unpaired) electrons. The zero-order valence-corrected chi connectivity index (χ0v) is 8.99. The van der Waals surface area contributed by atoms with Gasteiger partial charge >= 0.3 is 0 Å². The van der Waals surface area contributed by atoms with E-state index in [-0.39, 0.29) is 51.4 Å². The van der Waals surface area contributed by atoms with Crippen LogP contribution in [0.25, 0.3) is 0 Å². The van der Waals surface area contributed by atoms with Crippen LogP contribution >= 0.6 is 0 Å². The number of aliphatic hydroxyl groups excluding tert-OH is 2. The minimum Gasteiger partial charge on any atom is -0.504 e. The zero-order valence-electron chi connectivity index (χ0n) is 5.87. The average Bonchev–Trinajstić information content (AvgIpc) is 1.84. The molecular formula is C6H4KO4. The fourth-order valence-corrected chi connectivity index (χ4v) is 0.538. The van der Waals surface area contributed by atoms with Crippen LogP contribution in [0.5, 0.6) is 0 Å². The Morgan fingerprint density at radius 2 is 1.18 bits per heavy atom. The standard InChI is InChI=1S/C6H4O4.K/c7-3-1-4(8)6(10)2-5(3)9;/h1-2,7,10H;. The van der Waals surface area contributed by atoms with Gasteiger partial charge in [0.05, 0.1) is 0 Å². The molecule has 5 heteroatoms. The number of allylic oxidation sites excluding steroid dienone is 2. The molecular weight excluding hydrogens is 175 g/mol. The Labute approximate surface area is 105 Å². The van der Waals surface area contributed by atoms with Crippen molar-refractivity contribution >= 4 is 63.0 Å². The predicted molar refractivity (Wildman–Crippen MR) is 37.2 cm³/mol. The second-order valence-corrected chi connectivity index (χ2v) is 1.79. The van der Waals surface area contributed by atoms with Crippen LogP contribution in [0.4, 0.5) is 0 Å². The van der Waals surface area contributed by atoms with Crippen LogP contribution in [-0.4, -0.2) is 73.2 Å². The molecule has 0 aromatic carbocycles. The molecule has 2 N–H and O–H groups in total. The first-order valence-corrected chi connectivity index (χ1v) is 2.51. The summed E-state index contributed by atoms with van der Waals surface area (Å²) in [6.45, 7) is 0. The van der Waals surface area contributed by atoms with Crippen molar-refractivity contribution in [2.45, 2.75) is 0 Å². The summed E-state index contributed by atoms with van der Waals surface area (Å²) in [6, 6.07) is 0. The van der Waals surface area contributed by atoms with Crippen LogP contribution in [0, 0.1) is 0 Å². The minimum absolute atomic E-state index is 0. The molecule has 0 aliphatic heterocycles. The Balaban J connectivity index is 0.000001000. The molecule has 0 saturated heterocycles. The summed E-state index contributed by atoms with van der Waals surface area (Å²) >= 11 is 0. The number of rotatable bonds is 0. The number of hydrogen-bond donors (Lipinski definition) is 2. The topological polar surface area (TPSA) is 74.6 Å². The number of hydrogen-bond acceptors (Lipinski definition) is 4. The van der Waals surface area contributed by atoms with Crippen LogP contribution in [0.1, 0.15) is 0 Å². The van der Waals surface area contributed by atoms with Crippen LogP contribution in [0.2, 0.25) is 0 Å². The molecule has 0 fully saturated rings. The van der Waals surface area contributed by atoms with E-state index in [2.05, 4.69) is 0 Å². The Morgan fingerprint density at radius 1 is 0.909 bits per heavy atom. The normalized spacial score (nSPS) is 16.7. The average molecular weight is 179 g/mol. The van der Waals surface area contributed by atoms with Crippen molar-refractivity contribution < 1.29 is 19.8 Å². The minimum atomic E-state index is -0.753. The maximum Gasteiger partial charge on any atom is 0.224 e. The summed E-state index contributed by atoms with van der Waals surface area (Å²) in [5.41, 5.74) is 0. The fourth-order valence-electron chi connectivity index (χ4n) is 0.538. The first-order chi connectivity index (χ1) is 4.61. The summed E-state index contributed by atoms with van der Waals surface area (Å²) < 4.78 is 0. The number of carbonyl (C=O) groups is 2. The third kappa shape index (κ3) is 2.53. The van der Waals surface area contributed by atoms with Crippen molar-refractivity contribution in [3.63, 3.8) is 0 Å². The molecule has 0 aromatic rings. The van der Waals surface area contributed by atoms with E-state index >= 15 is 0 Å². The number of carbonyl (C=O) groups excluding carboxylic acids is 2. The molecule has 0 spiro atoms. The molecule has 0 unspecified atom stereocenters. The Kier molecular flexibility index (Phi) is 4.20. The van der Waals surface area contributed by atoms with Gasteiger partial charge < -0.3 is 10.2 Å². The van der Waals surface area contributed by atoms with Crippen LogP contribution in [0.15, 0.2) is 23.7 Å². The van der Waals surface area contributed by atoms with Gasteiger partial charge in [0.1, 0.15) is 0 Å². The molecule has 53 valence electrons. The van der Waals surface area contributed by atoms with E-state index in [0.717, 1.165) is 0 Å². The first kappa shape index (κ1) is 11.1. The van der Waals surface area contributed by atoms with Gasteiger partial charge in [-0.25, -0.2) is 0 Å². The zero-order chi connectivity index (χ0) is 7.72. The second-order valence-electron chi connectivity index (χ2n) is 1.79. The summed E-state index contributed by atoms with van der Waals surface area (Å²) in [6.07, 6.45) is 1.36.